The summed E-state index contributed by atoms with van der Waals surface area (Å²) < 4.78 is 13.4. The summed E-state index contributed by atoms with van der Waals surface area (Å²) in [6.07, 6.45) is 0. The maximum absolute atomic E-state index is 13.4. The number of hydrogen-bond acceptors (Lipinski definition) is 2. The molecular weight excluding hydrogens is 191 g/mol. The van der Waals surface area contributed by atoms with E-state index in [9.17, 15) is 4.39 Å². The molecule has 0 saturated carbocycles. The van der Waals surface area contributed by atoms with Crippen molar-refractivity contribution in [3.05, 3.63) is 35.6 Å². The topological polar surface area (TPSA) is 24.1 Å². The zero-order chi connectivity index (χ0) is 10.7. The predicted molar refractivity (Wildman–Crippen MR) is 59.5 cm³/mol. The van der Waals surface area contributed by atoms with Crippen LogP contribution in [0.4, 0.5) is 4.39 Å². The third-order valence-corrected chi connectivity index (χ3v) is 2.93. The van der Waals surface area contributed by atoms with E-state index in [2.05, 4.69) is 17.6 Å². The molecular formula is C12H17FN2. The van der Waals surface area contributed by atoms with Gasteiger partial charge in [-0.3, -0.25) is 0 Å². The standard InChI is InChI=1S/C12H17FN2/c1-9(6-15-10-7-14-8-10)11-4-2-3-5-12(11)13/h2-5,9-10,14-15H,6-8H2,1H3. The molecule has 0 aromatic heterocycles. The van der Waals surface area contributed by atoms with Crippen LogP contribution in [0.1, 0.15) is 18.4 Å². The molecule has 1 heterocycles. The summed E-state index contributed by atoms with van der Waals surface area (Å²) in [4.78, 5) is 0. The average Bonchev–Trinajstić information content (AvgIpc) is 2.16. The van der Waals surface area contributed by atoms with Gasteiger partial charge in [-0.25, -0.2) is 4.39 Å². The van der Waals surface area contributed by atoms with E-state index < -0.39 is 0 Å². The van der Waals surface area contributed by atoms with Gasteiger partial charge < -0.3 is 10.6 Å². The molecule has 0 radical (unpaired) electrons. The molecule has 82 valence electrons. The lowest BCUT2D eigenvalue weighted by Gasteiger charge is -2.29. The minimum Gasteiger partial charge on any atom is -0.314 e. The smallest absolute Gasteiger partial charge is 0.126 e. The van der Waals surface area contributed by atoms with Crippen molar-refractivity contribution in [2.24, 2.45) is 0 Å². The third kappa shape index (κ3) is 2.55. The highest BCUT2D eigenvalue weighted by atomic mass is 19.1. The van der Waals surface area contributed by atoms with Gasteiger partial charge in [-0.05, 0) is 17.5 Å². The first-order valence-electron chi connectivity index (χ1n) is 5.46. The van der Waals surface area contributed by atoms with Crippen LogP contribution < -0.4 is 10.6 Å². The maximum atomic E-state index is 13.4. The minimum absolute atomic E-state index is 0.0986. The molecule has 15 heavy (non-hydrogen) atoms. The van der Waals surface area contributed by atoms with Crippen molar-refractivity contribution in [2.45, 2.75) is 18.9 Å². The molecule has 1 unspecified atom stereocenters. The Balaban J connectivity index is 1.89. The Labute approximate surface area is 89.9 Å². The molecule has 1 aliphatic rings. The molecule has 0 aliphatic carbocycles. The molecule has 1 aromatic carbocycles. The molecule has 1 saturated heterocycles. The predicted octanol–water partition coefficient (Wildman–Crippen LogP) is 1.49. The highest BCUT2D eigenvalue weighted by molar-refractivity contribution is 5.21. The van der Waals surface area contributed by atoms with Crippen molar-refractivity contribution in [2.75, 3.05) is 19.6 Å². The van der Waals surface area contributed by atoms with Gasteiger partial charge >= 0.3 is 0 Å². The molecule has 1 aromatic rings. The Bertz CT molecular complexity index is 323. The largest absolute Gasteiger partial charge is 0.314 e. The van der Waals surface area contributed by atoms with E-state index >= 15 is 0 Å². The van der Waals surface area contributed by atoms with Crippen LogP contribution in [0.3, 0.4) is 0 Å². The number of rotatable bonds is 4. The summed E-state index contributed by atoms with van der Waals surface area (Å²) in [5.41, 5.74) is 0.803. The number of halogens is 1. The quantitative estimate of drug-likeness (QED) is 0.783. The molecule has 1 atom stereocenters. The Morgan fingerprint density at radius 2 is 2.20 bits per heavy atom. The van der Waals surface area contributed by atoms with Crippen LogP contribution in [0.2, 0.25) is 0 Å². The maximum Gasteiger partial charge on any atom is 0.126 e. The lowest BCUT2D eigenvalue weighted by molar-refractivity contribution is 0.359. The number of nitrogens with one attached hydrogen (secondary N) is 2. The van der Waals surface area contributed by atoms with Crippen LogP contribution in [0.15, 0.2) is 24.3 Å². The molecule has 2 N–H and O–H groups in total. The van der Waals surface area contributed by atoms with Crippen molar-refractivity contribution in [3.8, 4) is 0 Å². The molecule has 2 nitrogen and oxygen atoms in total. The van der Waals surface area contributed by atoms with E-state index in [0.717, 1.165) is 25.2 Å². The fourth-order valence-electron chi connectivity index (χ4n) is 1.76. The van der Waals surface area contributed by atoms with E-state index in [1.165, 1.54) is 6.07 Å². The van der Waals surface area contributed by atoms with Crippen molar-refractivity contribution < 1.29 is 4.39 Å². The van der Waals surface area contributed by atoms with E-state index in [0.29, 0.717) is 6.04 Å². The fourth-order valence-corrected chi connectivity index (χ4v) is 1.76. The second-order valence-corrected chi connectivity index (χ2v) is 4.19. The van der Waals surface area contributed by atoms with Gasteiger partial charge in [-0.15, -0.1) is 0 Å². The van der Waals surface area contributed by atoms with Gasteiger partial charge in [0.2, 0.25) is 0 Å². The van der Waals surface area contributed by atoms with E-state index in [-0.39, 0.29) is 11.7 Å². The monoisotopic (exact) mass is 208 g/mol. The van der Waals surface area contributed by atoms with Crippen LogP contribution in [0.25, 0.3) is 0 Å². The van der Waals surface area contributed by atoms with Gasteiger partial charge in [0, 0.05) is 25.7 Å². The van der Waals surface area contributed by atoms with Crippen LogP contribution >= 0.6 is 0 Å². The highest BCUT2D eigenvalue weighted by Gasteiger charge is 2.17. The zero-order valence-corrected chi connectivity index (χ0v) is 8.96. The zero-order valence-electron chi connectivity index (χ0n) is 8.96. The van der Waals surface area contributed by atoms with E-state index in [4.69, 9.17) is 0 Å². The molecule has 0 amide bonds. The first-order chi connectivity index (χ1) is 7.27. The van der Waals surface area contributed by atoms with Gasteiger partial charge in [-0.2, -0.15) is 0 Å². The third-order valence-electron chi connectivity index (χ3n) is 2.93. The number of hydrogen-bond donors (Lipinski definition) is 2. The molecule has 2 rings (SSSR count). The van der Waals surface area contributed by atoms with Crippen molar-refractivity contribution in [3.63, 3.8) is 0 Å². The SMILES string of the molecule is CC(CNC1CNC1)c1ccccc1F. The first-order valence-corrected chi connectivity index (χ1v) is 5.46. The lowest BCUT2D eigenvalue weighted by Crippen LogP contribution is -2.55. The fraction of sp³-hybridized carbons (Fsp3) is 0.500. The Morgan fingerprint density at radius 1 is 1.47 bits per heavy atom. The van der Waals surface area contributed by atoms with Gasteiger partial charge in [0.15, 0.2) is 0 Å². The van der Waals surface area contributed by atoms with Crippen LogP contribution in [-0.4, -0.2) is 25.7 Å². The Morgan fingerprint density at radius 3 is 2.80 bits per heavy atom. The van der Waals surface area contributed by atoms with E-state index in [1.807, 2.05) is 12.1 Å². The lowest BCUT2D eigenvalue weighted by atomic mass is 10.00. The van der Waals surface area contributed by atoms with E-state index in [1.54, 1.807) is 6.07 Å². The summed E-state index contributed by atoms with van der Waals surface area (Å²) in [6, 6.07) is 7.57. The van der Waals surface area contributed by atoms with Gasteiger partial charge in [0.1, 0.15) is 5.82 Å². The molecule has 0 spiro atoms. The van der Waals surface area contributed by atoms with Crippen molar-refractivity contribution >= 4 is 0 Å². The normalized spacial score (nSPS) is 18.5. The minimum atomic E-state index is -0.0986. The summed E-state index contributed by atoms with van der Waals surface area (Å²) in [7, 11) is 0. The first kappa shape index (κ1) is 10.6. The second-order valence-electron chi connectivity index (χ2n) is 4.19. The van der Waals surface area contributed by atoms with Gasteiger partial charge in [0.25, 0.3) is 0 Å². The second kappa shape index (κ2) is 4.73. The number of benzene rings is 1. The van der Waals surface area contributed by atoms with Crippen LogP contribution in [-0.2, 0) is 0 Å². The molecule has 1 aliphatic heterocycles. The molecule has 1 fully saturated rings. The van der Waals surface area contributed by atoms with Crippen LogP contribution in [0.5, 0.6) is 0 Å². The van der Waals surface area contributed by atoms with Gasteiger partial charge in [0.05, 0.1) is 0 Å². The Hall–Kier alpha value is -0.930. The summed E-state index contributed by atoms with van der Waals surface area (Å²) in [6.45, 7) is 4.96. The van der Waals surface area contributed by atoms with Crippen molar-refractivity contribution in [1.82, 2.24) is 10.6 Å². The highest BCUT2D eigenvalue weighted by Crippen LogP contribution is 2.17. The Kier molecular flexibility index (Phi) is 3.34. The van der Waals surface area contributed by atoms with Gasteiger partial charge in [-0.1, -0.05) is 25.1 Å². The summed E-state index contributed by atoms with van der Waals surface area (Å²) >= 11 is 0. The molecule has 0 bridgehead atoms. The van der Waals surface area contributed by atoms with Crippen LogP contribution in [0, 0.1) is 5.82 Å². The average molecular weight is 208 g/mol. The summed E-state index contributed by atoms with van der Waals surface area (Å²) in [5, 5.41) is 6.61. The molecule has 3 heteroatoms. The summed E-state index contributed by atoms with van der Waals surface area (Å²) in [5.74, 6) is 0.130. The van der Waals surface area contributed by atoms with Crippen molar-refractivity contribution in [1.29, 1.82) is 0 Å².